The molecular formula is C25H35N3O. The molecule has 1 aromatic carbocycles. The van der Waals surface area contributed by atoms with Gasteiger partial charge in [-0.25, -0.2) is 0 Å². The van der Waals surface area contributed by atoms with Crippen molar-refractivity contribution in [3.05, 3.63) is 30.1 Å². The average molecular weight is 394 g/mol. The number of hydrogen-bond donors (Lipinski definition) is 0. The van der Waals surface area contributed by atoms with Crippen molar-refractivity contribution < 1.29 is 4.52 Å². The van der Waals surface area contributed by atoms with Crippen molar-refractivity contribution in [3.8, 4) is 0 Å². The van der Waals surface area contributed by atoms with Crippen LogP contribution in [0, 0.1) is 18.3 Å². The first-order chi connectivity index (χ1) is 13.9. The molecule has 156 valence electrons. The van der Waals surface area contributed by atoms with Gasteiger partial charge in [0.2, 0.25) is 0 Å². The van der Waals surface area contributed by atoms with E-state index in [2.05, 4.69) is 59.8 Å². The predicted molar refractivity (Wildman–Crippen MR) is 119 cm³/mol. The van der Waals surface area contributed by atoms with Crippen LogP contribution in [0.4, 0.5) is 0 Å². The van der Waals surface area contributed by atoms with Crippen LogP contribution in [0.3, 0.4) is 0 Å². The zero-order chi connectivity index (χ0) is 20.2. The number of nitrogens with zero attached hydrogens (tertiary/aromatic N) is 3. The van der Waals surface area contributed by atoms with Crippen LogP contribution in [0.1, 0.15) is 71.0 Å². The molecular weight excluding hydrogens is 358 g/mol. The van der Waals surface area contributed by atoms with Crippen molar-refractivity contribution in [3.63, 3.8) is 0 Å². The lowest BCUT2D eigenvalue weighted by Crippen LogP contribution is -2.45. The predicted octanol–water partition coefficient (Wildman–Crippen LogP) is 6.33. The fraction of sp³-hybridized carbons (Fsp3) is 0.640. The van der Waals surface area contributed by atoms with Gasteiger partial charge < -0.3 is 14.0 Å². The van der Waals surface area contributed by atoms with Crippen molar-refractivity contribution in [2.45, 2.75) is 78.3 Å². The highest BCUT2D eigenvalue weighted by molar-refractivity contribution is 6.06. The van der Waals surface area contributed by atoms with E-state index in [4.69, 9.17) is 4.52 Å². The van der Waals surface area contributed by atoms with Crippen LogP contribution in [-0.2, 0) is 0 Å². The Bertz CT molecular complexity index is 992. The van der Waals surface area contributed by atoms with E-state index in [-0.39, 0.29) is 0 Å². The smallest absolute Gasteiger partial charge is 0.167 e. The standard InChI is InChI=1S/C25H35N3O/c1-17-24-21-13-16-28(22(21)9-10-23(24)29-26-17)20-7-5-19(6-8-20)27-14-11-18(12-15-27)25(2,3)4/h9-10,13,16,18-20H,5-8,11-12,14-15H2,1-4H3/t19-,20+. The lowest BCUT2D eigenvalue weighted by Gasteiger charge is -2.44. The third kappa shape index (κ3) is 3.39. The summed E-state index contributed by atoms with van der Waals surface area (Å²) in [5.74, 6) is 0.888. The third-order valence-electron chi connectivity index (χ3n) is 7.84. The van der Waals surface area contributed by atoms with Crippen molar-refractivity contribution >= 4 is 21.9 Å². The second-order valence-electron chi connectivity index (χ2n) is 10.5. The summed E-state index contributed by atoms with van der Waals surface area (Å²) in [6.45, 7) is 11.9. The van der Waals surface area contributed by atoms with E-state index in [0.29, 0.717) is 11.5 Å². The maximum Gasteiger partial charge on any atom is 0.167 e. The van der Waals surface area contributed by atoms with Gasteiger partial charge >= 0.3 is 0 Å². The van der Waals surface area contributed by atoms with Crippen molar-refractivity contribution in [2.75, 3.05) is 13.1 Å². The first-order valence-corrected chi connectivity index (χ1v) is 11.5. The van der Waals surface area contributed by atoms with Gasteiger partial charge in [-0.3, -0.25) is 0 Å². The molecule has 4 heteroatoms. The molecule has 1 saturated heterocycles. The summed E-state index contributed by atoms with van der Waals surface area (Å²) in [6.07, 6.45) is 10.3. The highest BCUT2D eigenvalue weighted by Gasteiger charge is 2.33. The lowest BCUT2D eigenvalue weighted by molar-refractivity contribution is 0.0626. The Balaban J connectivity index is 1.27. The Morgan fingerprint density at radius 2 is 1.62 bits per heavy atom. The van der Waals surface area contributed by atoms with Gasteiger partial charge in [-0.2, -0.15) is 0 Å². The lowest BCUT2D eigenvalue weighted by atomic mass is 9.75. The van der Waals surface area contributed by atoms with E-state index >= 15 is 0 Å². The number of benzene rings is 1. The molecule has 1 saturated carbocycles. The first kappa shape index (κ1) is 19.2. The molecule has 2 fully saturated rings. The van der Waals surface area contributed by atoms with Gasteiger partial charge in [0.15, 0.2) is 5.58 Å². The molecule has 2 aliphatic rings. The molecule has 3 heterocycles. The number of rotatable bonds is 2. The average Bonchev–Trinajstić information content (AvgIpc) is 3.31. The first-order valence-electron chi connectivity index (χ1n) is 11.5. The normalized spacial score (nSPS) is 25.2. The van der Waals surface area contributed by atoms with E-state index in [1.54, 1.807) is 0 Å². The van der Waals surface area contributed by atoms with Crippen LogP contribution >= 0.6 is 0 Å². The molecule has 3 aromatic rings. The van der Waals surface area contributed by atoms with E-state index < -0.39 is 0 Å². The van der Waals surface area contributed by atoms with Crippen molar-refractivity contribution in [1.29, 1.82) is 0 Å². The minimum Gasteiger partial charge on any atom is -0.356 e. The van der Waals surface area contributed by atoms with E-state index in [9.17, 15) is 0 Å². The molecule has 2 aromatic heterocycles. The Morgan fingerprint density at radius 1 is 0.931 bits per heavy atom. The Morgan fingerprint density at radius 3 is 2.31 bits per heavy atom. The van der Waals surface area contributed by atoms with E-state index in [1.165, 1.54) is 67.9 Å². The highest BCUT2D eigenvalue weighted by atomic mass is 16.5. The van der Waals surface area contributed by atoms with Gasteiger partial charge in [-0.15, -0.1) is 0 Å². The quantitative estimate of drug-likeness (QED) is 0.510. The Kier molecular flexibility index (Phi) is 4.73. The number of aromatic nitrogens is 2. The van der Waals surface area contributed by atoms with Crippen LogP contribution in [0.15, 0.2) is 28.9 Å². The van der Waals surface area contributed by atoms with E-state index in [0.717, 1.165) is 23.2 Å². The molecule has 0 atom stereocenters. The minimum absolute atomic E-state index is 0.466. The van der Waals surface area contributed by atoms with E-state index in [1.807, 2.05) is 6.92 Å². The van der Waals surface area contributed by atoms with Crippen LogP contribution < -0.4 is 0 Å². The van der Waals surface area contributed by atoms with Crippen LogP contribution in [0.5, 0.6) is 0 Å². The Labute approximate surface area is 174 Å². The van der Waals surface area contributed by atoms with Crippen LogP contribution in [-0.4, -0.2) is 33.8 Å². The van der Waals surface area contributed by atoms with Gasteiger partial charge in [0, 0.05) is 29.2 Å². The van der Waals surface area contributed by atoms with Crippen molar-refractivity contribution in [2.24, 2.45) is 11.3 Å². The second-order valence-corrected chi connectivity index (χ2v) is 10.5. The molecule has 0 N–H and O–H groups in total. The zero-order valence-corrected chi connectivity index (χ0v) is 18.4. The summed E-state index contributed by atoms with van der Waals surface area (Å²) in [6, 6.07) is 7.96. The van der Waals surface area contributed by atoms with Crippen LogP contribution in [0.2, 0.25) is 0 Å². The molecule has 5 rings (SSSR count). The fourth-order valence-electron chi connectivity index (χ4n) is 5.98. The van der Waals surface area contributed by atoms with Gasteiger partial charge in [0.25, 0.3) is 0 Å². The molecule has 29 heavy (non-hydrogen) atoms. The summed E-state index contributed by atoms with van der Waals surface area (Å²) in [5, 5.41) is 6.62. The number of fused-ring (bicyclic) bond motifs is 3. The molecule has 0 bridgehead atoms. The number of aryl methyl sites for hydroxylation is 1. The molecule has 0 spiro atoms. The maximum atomic E-state index is 5.46. The maximum absolute atomic E-state index is 5.46. The number of hydrogen-bond acceptors (Lipinski definition) is 3. The molecule has 0 amide bonds. The summed E-state index contributed by atoms with van der Waals surface area (Å²) in [5.41, 5.74) is 3.69. The summed E-state index contributed by atoms with van der Waals surface area (Å²) in [7, 11) is 0. The number of piperidine rings is 1. The van der Waals surface area contributed by atoms with Gasteiger partial charge in [-0.05, 0) is 88.1 Å². The summed E-state index contributed by atoms with van der Waals surface area (Å²) in [4.78, 5) is 2.80. The number of likely N-dealkylation sites (tertiary alicyclic amines) is 1. The highest BCUT2D eigenvalue weighted by Crippen LogP contribution is 2.39. The summed E-state index contributed by atoms with van der Waals surface area (Å²) < 4.78 is 7.97. The minimum atomic E-state index is 0.466. The fourth-order valence-corrected chi connectivity index (χ4v) is 5.98. The summed E-state index contributed by atoms with van der Waals surface area (Å²) >= 11 is 0. The molecule has 4 nitrogen and oxygen atoms in total. The Hall–Kier alpha value is -1.81. The molecule has 1 aliphatic carbocycles. The second kappa shape index (κ2) is 7.16. The topological polar surface area (TPSA) is 34.2 Å². The third-order valence-corrected chi connectivity index (χ3v) is 7.84. The molecule has 0 radical (unpaired) electrons. The van der Waals surface area contributed by atoms with Gasteiger partial charge in [0.05, 0.1) is 11.1 Å². The van der Waals surface area contributed by atoms with Gasteiger partial charge in [-0.1, -0.05) is 25.9 Å². The largest absolute Gasteiger partial charge is 0.356 e. The van der Waals surface area contributed by atoms with Gasteiger partial charge in [0.1, 0.15) is 0 Å². The van der Waals surface area contributed by atoms with Crippen molar-refractivity contribution in [1.82, 2.24) is 14.6 Å². The zero-order valence-electron chi connectivity index (χ0n) is 18.4. The monoisotopic (exact) mass is 393 g/mol. The van der Waals surface area contributed by atoms with Crippen LogP contribution in [0.25, 0.3) is 21.9 Å². The molecule has 0 unspecified atom stereocenters. The SMILES string of the molecule is Cc1noc2ccc3c(ccn3[C@H]3CC[C@@H](N4CCC(C(C)(C)C)CC4)CC3)c12. The molecule has 1 aliphatic heterocycles.